The molecule has 2 aliphatic rings. The minimum absolute atomic E-state index is 0.201. The fourth-order valence-electron chi connectivity index (χ4n) is 3.86. The Morgan fingerprint density at radius 2 is 1.94 bits per heavy atom. The Hall–Kier alpha value is -3.91. The average molecular weight is 448 g/mol. The molecule has 160 valence electrons. The van der Waals surface area contributed by atoms with Gasteiger partial charge in [-0.1, -0.05) is 35.9 Å². The van der Waals surface area contributed by atoms with Crippen LogP contribution in [0.3, 0.4) is 0 Å². The van der Waals surface area contributed by atoms with Crippen molar-refractivity contribution in [1.82, 2.24) is 24.7 Å². The number of esters is 1. The van der Waals surface area contributed by atoms with Gasteiger partial charge in [0.05, 0.1) is 29.7 Å². The summed E-state index contributed by atoms with van der Waals surface area (Å²) in [5.74, 6) is 0.197. The summed E-state index contributed by atoms with van der Waals surface area (Å²) in [6.45, 7) is 0. The second-order valence-electron chi connectivity index (χ2n) is 7.40. The van der Waals surface area contributed by atoms with Crippen LogP contribution < -0.4 is 5.56 Å². The molecule has 1 unspecified atom stereocenters. The van der Waals surface area contributed by atoms with Gasteiger partial charge in [0.15, 0.2) is 0 Å². The van der Waals surface area contributed by atoms with Crippen molar-refractivity contribution in [3.8, 4) is 11.3 Å². The molecule has 0 bridgehead atoms. The number of hydrogen-bond acceptors (Lipinski definition) is 5. The second kappa shape index (κ2) is 7.97. The van der Waals surface area contributed by atoms with Gasteiger partial charge in [-0.05, 0) is 29.8 Å². The maximum atomic E-state index is 12.4. The van der Waals surface area contributed by atoms with Crippen molar-refractivity contribution in [1.29, 1.82) is 0 Å². The highest BCUT2D eigenvalue weighted by atomic mass is 35.5. The van der Waals surface area contributed by atoms with E-state index in [0.29, 0.717) is 17.0 Å². The predicted octanol–water partition coefficient (Wildman–Crippen LogP) is 3.82. The highest BCUT2D eigenvalue weighted by Gasteiger charge is 2.25. The van der Waals surface area contributed by atoms with Gasteiger partial charge in [0.25, 0.3) is 5.56 Å². The van der Waals surface area contributed by atoms with Crippen molar-refractivity contribution >= 4 is 28.6 Å². The number of fused-ring (bicyclic) bond motifs is 2. The molecule has 1 atom stereocenters. The quantitative estimate of drug-likeness (QED) is 0.398. The van der Waals surface area contributed by atoms with Crippen molar-refractivity contribution in [2.24, 2.45) is 0 Å². The SMILES string of the molecule is COC(=O)c1cn(C(Cc2nc3ccccc3[nH]2)c2ccc(Cl)cc2)cc2c(=O)[nH]nc1-2. The first-order valence-corrected chi connectivity index (χ1v) is 10.3. The van der Waals surface area contributed by atoms with Gasteiger partial charge in [0.2, 0.25) is 0 Å². The zero-order valence-corrected chi connectivity index (χ0v) is 17.8. The highest BCUT2D eigenvalue weighted by molar-refractivity contribution is 6.30. The van der Waals surface area contributed by atoms with Crippen LogP contribution in [0.5, 0.6) is 0 Å². The van der Waals surface area contributed by atoms with Crippen LogP contribution in [0.2, 0.25) is 5.02 Å². The summed E-state index contributed by atoms with van der Waals surface area (Å²) in [4.78, 5) is 32.8. The van der Waals surface area contributed by atoms with Crippen LogP contribution in [0.1, 0.15) is 27.8 Å². The van der Waals surface area contributed by atoms with E-state index < -0.39 is 5.97 Å². The number of rotatable bonds is 5. The molecule has 2 aliphatic heterocycles. The second-order valence-corrected chi connectivity index (χ2v) is 7.83. The first kappa shape index (κ1) is 20.0. The third-order valence-corrected chi connectivity index (χ3v) is 5.68. The molecular weight excluding hydrogens is 430 g/mol. The molecule has 32 heavy (non-hydrogen) atoms. The monoisotopic (exact) mass is 447 g/mol. The normalized spacial score (nSPS) is 12.3. The molecule has 9 heteroatoms. The van der Waals surface area contributed by atoms with Gasteiger partial charge in [-0.15, -0.1) is 0 Å². The smallest absolute Gasteiger partial charge is 0.341 e. The van der Waals surface area contributed by atoms with Crippen LogP contribution >= 0.6 is 11.6 Å². The summed E-state index contributed by atoms with van der Waals surface area (Å²) in [5.41, 5.74) is 3.14. The van der Waals surface area contributed by atoms with Crippen LogP contribution in [0.25, 0.3) is 22.3 Å². The number of aromatic amines is 2. The van der Waals surface area contributed by atoms with Crippen LogP contribution in [-0.4, -0.2) is 37.8 Å². The van der Waals surface area contributed by atoms with E-state index in [1.54, 1.807) is 24.5 Å². The van der Waals surface area contributed by atoms with Gasteiger partial charge < -0.3 is 14.3 Å². The number of nitrogens with one attached hydrogen (secondary N) is 2. The third-order valence-electron chi connectivity index (χ3n) is 5.43. The van der Waals surface area contributed by atoms with Crippen molar-refractivity contribution in [2.45, 2.75) is 12.5 Å². The number of carbonyl (C=O) groups is 1. The minimum atomic E-state index is -0.575. The van der Waals surface area contributed by atoms with Crippen molar-refractivity contribution in [2.75, 3.05) is 7.11 Å². The topological polar surface area (TPSA) is 106 Å². The first-order valence-electron chi connectivity index (χ1n) is 9.91. The fourth-order valence-corrected chi connectivity index (χ4v) is 3.99. The molecule has 0 saturated heterocycles. The Morgan fingerprint density at radius 3 is 2.69 bits per heavy atom. The molecule has 8 nitrogen and oxygen atoms in total. The van der Waals surface area contributed by atoms with Crippen LogP contribution in [-0.2, 0) is 11.2 Å². The first-order chi connectivity index (χ1) is 15.5. The molecule has 0 saturated carbocycles. The molecule has 0 fully saturated rings. The molecule has 3 heterocycles. The van der Waals surface area contributed by atoms with Crippen molar-refractivity contribution < 1.29 is 9.53 Å². The molecule has 0 radical (unpaired) electrons. The Balaban J connectivity index is 1.67. The lowest BCUT2D eigenvalue weighted by Crippen LogP contribution is -2.19. The third kappa shape index (κ3) is 3.54. The summed E-state index contributed by atoms with van der Waals surface area (Å²) in [7, 11) is 1.29. The number of carbonyl (C=O) groups excluding carboxylic acids is 1. The number of methoxy groups -OCH3 is 1. The lowest BCUT2D eigenvalue weighted by Gasteiger charge is -2.22. The maximum absolute atomic E-state index is 12.4. The molecule has 1 aromatic heterocycles. The summed E-state index contributed by atoms with van der Waals surface area (Å²) in [5, 5.41) is 7.03. The molecule has 5 rings (SSSR count). The van der Waals surface area contributed by atoms with Gasteiger partial charge in [-0.25, -0.2) is 14.9 Å². The number of H-pyrrole nitrogens is 2. The molecule has 2 N–H and O–H groups in total. The van der Waals surface area contributed by atoms with Gasteiger partial charge in [0.1, 0.15) is 17.1 Å². The Bertz CT molecular complexity index is 1420. The minimum Gasteiger partial charge on any atom is -0.465 e. The molecule has 2 aromatic carbocycles. The number of benzene rings is 2. The standard InChI is InChI=1S/C23H18ClN5O3/c1-32-23(31)16-12-29(11-15-21(16)27-28-22(15)30)19(13-6-8-14(24)9-7-13)10-20-25-17-4-2-3-5-18(17)26-20/h2-9,11-12,19H,10H2,1H3,(H,25,26)(H,28,30). The largest absolute Gasteiger partial charge is 0.465 e. The van der Waals surface area contributed by atoms with E-state index >= 15 is 0 Å². The van der Waals surface area contributed by atoms with Gasteiger partial charge >= 0.3 is 5.97 Å². The van der Waals surface area contributed by atoms with E-state index in [4.69, 9.17) is 21.3 Å². The van der Waals surface area contributed by atoms with Gasteiger partial charge in [-0.3, -0.25) is 4.79 Å². The fraction of sp³-hybridized carbons (Fsp3) is 0.130. The predicted molar refractivity (Wildman–Crippen MR) is 120 cm³/mol. The maximum Gasteiger partial charge on any atom is 0.341 e. The van der Waals surface area contributed by atoms with Gasteiger partial charge in [0, 0.05) is 23.8 Å². The number of halogens is 1. The zero-order valence-electron chi connectivity index (χ0n) is 17.0. The van der Waals surface area contributed by atoms with E-state index in [0.717, 1.165) is 22.4 Å². The summed E-state index contributed by atoms with van der Waals surface area (Å²) >= 11 is 6.11. The van der Waals surface area contributed by atoms with E-state index in [1.165, 1.54) is 7.11 Å². The number of para-hydroxylation sites is 2. The number of hydrogen-bond donors (Lipinski definition) is 2. The average Bonchev–Trinajstić information content (AvgIpc) is 3.40. The summed E-state index contributed by atoms with van der Waals surface area (Å²) < 4.78 is 6.75. The Morgan fingerprint density at radius 1 is 1.16 bits per heavy atom. The molecule has 0 spiro atoms. The van der Waals surface area contributed by atoms with E-state index in [1.807, 2.05) is 41.0 Å². The summed E-state index contributed by atoms with van der Waals surface area (Å²) in [6.07, 6.45) is 3.82. The summed E-state index contributed by atoms with van der Waals surface area (Å²) in [6, 6.07) is 14.9. The number of nitrogens with zero attached hydrogens (tertiary/aromatic N) is 3. The lowest BCUT2D eigenvalue weighted by atomic mass is 10.0. The van der Waals surface area contributed by atoms with Crippen LogP contribution in [0.4, 0.5) is 0 Å². The van der Waals surface area contributed by atoms with Crippen molar-refractivity contribution in [3.63, 3.8) is 0 Å². The van der Waals surface area contributed by atoms with Crippen LogP contribution in [0.15, 0.2) is 65.7 Å². The zero-order chi connectivity index (χ0) is 22.2. The Kier molecular flexibility index (Phi) is 4.99. The molecule has 3 aromatic rings. The number of imidazole rings is 1. The van der Waals surface area contributed by atoms with E-state index in [9.17, 15) is 9.59 Å². The van der Waals surface area contributed by atoms with Crippen molar-refractivity contribution in [3.05, 3.63) is 93.3 Å². The number of aromatic nitrogens is 5. The molecular formula is C23H18ClN5O3. The van der Waals surface area contributed by atoms with Crippen LogP contribution in [0, 0.1) is 0 Å². The lowest BCUT2D eigenvalue weighted by molar-refractivity contribution is 0.0600. The highest BCUT2D eigenvalue weighted by Crippen LogP contribution is 2.29. The molecule has 0 aliphatic carbocycles. The van der Waals surface area contributed by atoms with Gasteiger partial charge in [-0.2, -0.15) is 5.10 Å². The van der Waals surface area contributed by atoms with E-state index in [2.05, 4.69) is 15.2 Å². The Labute approximate surface area is 187 Å². The van der Waals surface area contributed by atoms with E-state index in [-0.39, 0.29) is 22.9 Å². The molecule has 0 amide bonds. The number of pyridine rings is 1. The number of ether oxygens (including phenoxy) is 1.